The van der Waals surface area contributed by atoms with Gasteiger partial charge in [0, 0.05) is 5.69 Å². The molecule has 4 nitrogen and oxygen atoms in total. The average Bonchev–Trinajstić information content (AvgIpc) is 2.82. The van der Waals surface area contributed by atoms with Gasteiger partial charge in [0.05, 0.1) is 30.3 Å². The number of hydrogen-bond donors (Lipinski definition) is 2. The molecule has 2 heterocycles. The molecule has 94 valence electrons. The Bertz CT molecular complexity index is 544. The number of nitrogens with one attached hydrogen (secondary N) is 2. The number of hydrogen-bond acceptors (Lipinski definition) is 3. The summed E-state index contributed by atoms with van der Waals surface area (Å²) in [6, 6.07) is 2.24. The van der Waals surface area contributed by atoms with Crippen LogP contribution in [0.1, 0.15) is 35.4 Å². The molecule has 1 aliphatic carbocycles. The molecular weight excluding hydrogens is 224 g/mol. The van der Waals surface area contributed by atoms with Crippen LogP contribution in [0.3, 0.4) is 0 Å². The lowest BCUT2D eigenvalue weighted by Gasteiger charge is -2.16. The maximum Gasteiger partial charge on any atom is 0.0572 e. The molecule has 0 fully saturated rings. The van der Waals surface area contributed by atoms with E-state index in [1.54, 1.807) is 0 Å². The third-order valence-corrected chi connectivity index (χ3v) is 3.57. The second kappa shape index (κ2) is 4.80. The Morgan fingerprint density at radius 2 is 2.17 bits per heavy atom. The van der Waals surface area contributed by atoms with Crippen molar-refractivity contribution in [3.63, 3.8) is 0 Å². The molecule has 4 heteroatoms. The van der Waals surface area contributed by atoms with Gasteiger partial charge in [-0.05, 0) is 49.8 Å². The summed E-state index contributed by atoms with van der Waals surface area (Å²) in [6.45, 7) is 2.83. The molecule has 2 aromatic heterocycles. The Balaban J connectivity index is 1.71. The predicted molar refractivity (Wildman–Crippen MR) is 71.5 cm³/mol. The standard InChI is InChI=1S/C14H18N4/c1-10-7-17-18-14(10)9-15-12-6-11-4-2-3-5-13(11)16-8-12/h6-8,15H,2-5,9H2,1H3,(H,17,18). The van der Waals surface area contributed by atoms with Crippen molar-refractivity contribution in [1.82, 2.24) is 15.2 Å². The maximum atomic E-state index is 4.55. The van der Waals surface area contributed by atoms with Crippen LogP contribution >= 0.6 is 0 Å². The zero-order valence-electron chi connectivity index (χ0n) is 10.7. The van der Waals surface area contributed by atoms with Crippen LogP contribution in [0.15, 0.2) is 18.5 Å². The van der Waals surface area contributed by atoms with E-state index in [0.717, 1.165) is 24.3 Å². The van der Waals surface area contributed by atoms with Gasteiger partial charge in [0.25, 0.3) is 0 Å². The van der Waals surface area contributed by atoms with Crippen LogP contribution in [0.4, 0.5) is 5.69 Å². The molecule has 0 bridgehead atoms. The van der Waals surface area contributed by atoms with Gasteiger partial charge in [0.2, 0.25) is 0 Å². The van der Waals surface area contributed by atoms with Gasteiger partial charge in [-0.15, -0.1) is 0 Å². The van der Waals surface area contributed by atoms with Crippen LogP contribution in [-0.2, 0) is 19.4 Å². The van der Waals surface area contributed by atoms with Crippen LogP contribution in [0.5, 0.6) is 0 Å². The summed E-state index contributed by atoms with van der Waals surface area (Å²) in [5.41, 5.74) is 6.11. The van der Waals surface area contributed by atoms with Gasteiger partial charge in [0.15, 0.2) is 0 Å². The molecule has 0 saturated carbocycles. The van der Waals surface area contributed by atoms with E-state index in [4.69, 9.17) is 0 Å². The molecule has 0 unspecified atom stereocenters. The van der Waals surface area contributed by atoms with E-state index in [1.165, 1.54) is 36.1 Å². The number of aromatic nitrogens is 3. The number of H-pyrrole nitrogens is 1. The quantitative estimate of drug-likeness (QED) is 0.870. The summed E-state index contributed by atoms with van der Waals surface area (Å²) >= 11 is 0. The third kappa shape index (κ3) is 2.23. The SMILES string of the molecule is Cc1cn[nH]c1CNc1cnc2c(c1)CCCC2. The number of pyridine rings is 1. The summed E-state index contributed by atoms with van der Waals surface area (Å²) < 4.78 is 0. The minimum absolute atomic E-state index is 0.770. The topological polar surface area (TPSA) is 53.6 Å². The van der Waals surface area contributed by atoms with Crippen LogP contribution in [-0.4, -0.2) is 15.2 Å². The number of rotatable bonds is 3. The average molecular weight is 242 g/mol. The minimum Gasteiger partial charge on any atom is -0.378 e. The monoisotopic (exact) mass is 242 g/mol. The second-order valence-corrected chi connectivity index (χ2v) is 4.92. The van der Waals surface area contributed by atoms with Gasteiger partial charge < -0.3 is 5.32 Å². The highest BCUT2D eigenvalue weighted by atomic mass is 15.1. The first kappa shape index (κ1) is 11.3. The molecule has 18 heavy (non-hydrogen) atoms. The molecule has 1 aliphatic rings. The van der Waals surface area contributed by atoms with Gasteiger partial charge in [0.1, 0.15) is 0 Å². The van der Waals surface area contributed by atoms with Gasteiger partial charge >= 0.3 is 0 Å². The zero-order valence-corrected chi connectivity index (χ0v) is 10.7. The van der Waals surface area contributed by atoms with Crippen molar-refractivity contribution >= 4 is 5.69 Å². The van der Waals surface area contributed by atoms with E-state index < -0.39 is 0 Å². The number of nitrogens with zero attached hydrogens (tertiary/aromatic N) is 2. The summed E-state index contributed by atoms with van der Waals surface area (Å²) in [5, 5.41) is 10.4. The first-order chi connectivity index (χ1) is 8.83. The Morgan fingerprint density at radius 1 is 1.28 bits per heavy atom. The zero-order chi connectivity index (χ0) is 12.4. The highest BCUT2D eigenvalue weighted by Crippen LogP contribution is 2.22. The summed E-state index contributed by atoms with van der Waals surface area (Å²) in [5.74, 6) is 0. The Labute approximate surface area is 107 Å². The van der Waals surface area contributed by atoms with Gasteiger partial charge in [-0.25, -0.2) is 0 Å². The lowest BCUT2D eigenvalue weighted by atomic mass is 9.96. The number of aryl methyl sites for hydroxylation is 3. The van der Waals surface area contributed by atoms with E-state index in [9.17, 15) is 0 Å². The van der Waals surface area contributed by atoms with Crippen molar-refractivity contribution in [3.8, 4) is 0 Å². The van der Waals surface area contributed by atoms with Crippen molar-refractivity contribution < 1.29 is 0 Å². The number of fused-ring (bicyclic) bond motifs is 1. The van der Waals surface area contributed by atoms with E-state index in [0.29, 0.717) is 0 Å². The van der Waals surface area contributed by atoms with E-state index >= 15 is 0 Å². The fourth-order valence-electron chi connectivity index (χ4n) is 2.43. The highest BCUT2D eigenvalue weighted by Gasteiger charge is 2.10. The van der Waals surface area contributed by atoms with Crippen molar-refractivity contribution in [3.05, 3.63) is 41.0 Å². The number of anilines is 1. The summed E-state index contributed by atoms with van der Waals surface area (Å²) in [7, 11) is 0. The molecule has 0 amide bonds. The molecule has 0 spiro atoms. The fourth-order valence-corrected chi connectivity index (χ4v) is 2.43. The molecule has 3 rings (SSSR count). The van der Waals surface area contributed by atoms with E-state index in [-0.39, 0.29) is 0 Å². The molecule has 0 aromatic carbocycles. The van der Waals surface area contributed by atoms with Crippen molar-refractivity contribution in [2.45, 2.75) is 39.2 Å². The lowest BCUT2D eigenvalue weighted by Crippen LogP contribution is -2.07. The van der Waals surface area contributed by atoms with E-state index in [2.05, 4.69) is 33.5 Å². The normalized spacial score (nSPS) is 14.3. The third-order valence-electron chi connectivity index (χ3n) is 3.57. The number of aromatic amines is 1. The largest absolute Gasteiger partial charge is 0.378 e. The Hall–Kier alpha value is -1.84. The molecule has 0 radical (unpaired) electrons. The molecule has 0 saturated heterocycles. The van der Waals surface area contributed by atoms with Gasteiger partial charge in [-0.3, -0.25) is 10.1 Å². The Morgan fingerprint density at radius 3 is 3.00 bits per heavy atom. The van der Waals surface area contributed by atoms with Gasteiger partial charge in [-0.2, -0.15) is 5.10 Å². The maximum absolute atomic E-state index is 4.55. The molecule has 0 atom stereocenters. The highest BCUT2D eigenvalue weighted by molar-refractivity contribution is 5.46. The molecule has 2 aromatic rings. The molecular formula is C14H18N4. The molecule has 0 aliphatic heterocycles. The second-order valence-electron chi connectivity index (χ2n) is 4.92. The first-order valence-corrected chi connectivity index (χ1v) is 6.53. The smallest absolute Gasteiger partial charge is 0.0572 e. The lowest BCUT2D eigenvalue weighted by molar-refractivity contribution is 0.668. The van der Waals surface area contributed by atoms with Crippen LogP contribution in [0.2, 0.25) is 0 Å². The minimum atomic E-state index is 0.770. The summed E-state index contributed by atoms with van der Waals surface area (Å²) in [4.78, 5) is 4.55. The first-order valence-electron chi connectivity index (χ1n) is 6.53. The summed E-state index contributed by atoms with van der Waals surface area (Å²) in [6.07, 6.45) is 8.66. The van der Waals surface area contributed by atoms with E-state index in [1.807, 2.05) is 12.4 Å². The van der Waals surface area contributed by atoms with Crippen LogP contribution in [0.25, 0.3) is 0 Å². The van der Waals surface area contributed by atoms with Crippen molar-refractivity contribution in [1.29, 1.82) is 0 Å². The molecule has 2 N–H and O–H groups in total. The predicted octanol–water partition coefficient (Wildman–Crippen LogP) is 2.60. The Kier molecular flexibility index (Phi) is 3.00. The van der Waals surface area contributed by atoms with Crippen molar-refractivity contribution in [2.75, 3.05) is 5.32 Å². The van der Waals surface area contributed by atoms with Crippen molar-refractivity contribution in [2.24, 2.45) is 0 Å². The fraction of sp³-hybridized carbons (Fsp3) is 0.429. The van der Waals surface area contributed by atoms with Crippen LogP contribution in [0, 0.1) is 6.92 Å². The van der Waals surface area contributed by atoms with Gasteiger partial charge in [-0.1, -0.05) is 0 Å². The van der Waals surface area contributed by atoms with Crippen LogP contribution < -0.4 is 5.32 Å².